The molecule has 2 aromatic rings. The molecule has 2 rings (SSSR count). The van der Waals surface area contributed by atoms with Crippen molar-refractivity contribution in [3.8, 4) is 0 Å². The molecule has 0 aliphatic heterocycles. The van der Waals surface area contributed by atoms with E-state index in [4.69, 9.17) is 5.11 Å². The molecule has 6 heteroatoms. The van der Waals surface area contributed by atoms with Crippen molar-refractivity contribution in [1.29, 1.82) is 0 Å². The average Bonchev–Trinajstić information content (AvgIpc) is 2.44. The first-order valence-corrected chi connectivity index (χ1v) is 5.53. The number of carbonyl (C=O) groups is 1. The van der Waals surface area contributed by atoms with Gasteiger partial charge in [0.2, 0.25) is 0 Å². The van der Waals surface area contributed by atoms with Gasteiger partial charge in [0.25, 0.3) is 0 Å². The quantitative estimate of drug-likeness (QED) is 0.762. The van der Waals surface area contributed by atoms with E-state index in [1.165, 1.54) is 0 Å². The Morgan fingerprint density at radius 2 is 2.36 bits per heavy atom. The molecule has 0 fully saturated rings. The van der Waals surface area contributed by atoms with E-state index in [1.54, 1.807) is 6.20 Å². The van der Waals surface area contributed by atoms with Crippen LogP contribution in [0.4, 0.5) is 0 Å². The van der Waals surface area contributed by atoms with Gasteiger partial charge in [-0.15, -0.1) is 0 Å². The van der Waals surface area contributed by atoms with E-state index >= 15 is 0 Å². The summed E-state index contributed by atoms with van der Waals surface area (Å²) in [5.41, 5.74) is 0.779. The zero-order chi connectivity index (χ0) is 10.3. The number of halogens is 2. The molecule has 0 aromatic carbocycles. The lowest BCUT2D eigenvalue weighted by Gasteiger charge is -1.90. The number of aromatic nitrogens is 2. The minimum atomic E-state index is -0.969. The van der Waals surface area contributed by atoms with E-state index in [-0.39, 0.29) is 5.69 Å². The van der Waals surface area contributed by atoms with Crippen LogP contribution in [0.15, 0.2) is 16.7 Å². The zero-order valence-corrected chi connectivity index (χ0v) is 10.5. The summed E-state index contributed by atoms with van der Waals surface area (Å²) in [6.45, 7) is 0. The zero-order valence-electron chi connectivity index (χ0n) is 6.71. The minimum Gasteiger partial charge on any atom is -0.477 e. The minimum absolute atomic E-state index is 0.186. The molecule has 0 amide bonds. The second-order valence-corrected chi connectivity index (χ2v) is 4.66. The molecule has 14 heavy (non-hydrogen) atoms. The molecule has 0 bridgehead atoms. The summed E-state index contributed by atoms with van der Waals surface area (Å²) < 4.78 is 1.51. The molecule has 0 saturated heterocycles. The number of nitrogens with zero attached hydrogens (tertiary/aromatic N) is 1. The van der Waals surface area contributed by atoms with Crippen molar-refractivity contribution in [3.05, 3.63) is 26.0 Å². The fourth-order valence-corrected chi connectivity index (χ4v) is 2.27. The first-order chi connectivity index (χ1) is 6.59. The van der Waals surface area contributed by atoms with Gasteiger partial charge >= 0.3 is 5.97 Å². The molecule has 72 valence electrons. The van der Waals surface area contributed by atoms with Gasteiger partial charge in [-0.2, -0.15) is 0 Å². The number of carboxylic acid groups (broad SMARTS) is 1. The Bertz CT molecular complexity index is 523. The Balaban J connectivity index is 2.80. The summed E-state index contributed by atoms with van der Waals surface area (Å²) in [7, 11) is 0. The van der Waals surface area contributed by atoms with Crippen molar-refractivity contribution in [2.75, 3.05) is 0 Å². The van der Waals surface area contributed by atoms with E-state index in [1.807, 2.05) is 28.7 Å². The lowest BCUT2D eigenvalue weighted by atomic mass is 10.3. The highest BCUT2D eigenvalue weighted by atomic mass is 127. The largest absolute Gasteiger partial charge is 0.477 e. The summed E-state index contributed by atoms with van der Waals surface area (Å²) in [6.07, 6.45) is 1.63. The number of hydrogen-bond acceptors (Lipinski definition) is 2. The maximum Gasteiger partial charge on any atom is 0.353 e. The molecule has 4 nitrogen and oxygen atoms in total. The lowest BCUT2D eigenvalue weighted by Crippen LogP contribution is -1.98. The second kappa shape index (κ2) is 3.50. The third-order valence-corrected chi connectivity index (χ3v) is 3.32. The molecule has 0 saturated carbocycles. The summed E-state index contributed by atoms with van der Waals surface area (Å²) >= 11 is 5.28. The van der Waals surface area contributed by atoms with Crippen molar-refractivity contribution in [2.24, 2.45) is 0 Å². The molecule has 0 radical (unpaired) electrons. The fourth-order valence-electron chi connectivity index (χ4n) is 1.16. The van der Waals surface area contributed by atoms with Crippen molar-refractivity contribution in [3.63, 3.8) is 0 Å². The Hall–Kier alpha value is -0.630. The van der Waals surface area contributed by atoms with E-state index in [9.17, 15) is 4.79 Å². The van der Waals surface area contributed by atoms with Crippen molar-refractivity contribution < 1.29 is 9.90 Å². The molecule has 2 aromatic heterocycles. The third kappa shape index (κ3) is 1.52. The van der Waals surface area contributed by atoms with Gasteiger partial charge in [0.15, 0.2) is 0 Å². The van der Waals surface area contributed by atoms with Crippen LogP contribution in [0.1, 0.15) is 10.5 Å². The molecule has 2 heterocycles. The number of hydrogen-bond donors (Lipinski definition) is 2. The fraction of sp³-hybridized carbons (Fsp3) is 0. The van der Waals surface area contributed by atoms with E-state index in [2.05, 4.69) is 25.9 Å². The first kappa shape index (κ1) is 9.91. The van der Waals surface area contributed by atoms with Gasteiger partial charge in [0, 0.05) is 16.1 Å². The monoisotopic (exact) mass is 366 g/mol. The molecule has 2 N–H and O–H groups in total. The molecule has 0 atom stereocenters. The standard InChI is InChI=1S/C8H4BrIN2O2/c9-3-1-4-5(10)6(8(13)14)12-7(4)11-2-3/h1-2H,(H,11,12)(H,13,14). The van der Waals surface area contributed by atoms with Crippen molar-refractivity contribution in [1.82, 2.24) is 9.97 Å². The second-order valence-electron chi connectivity index (χ2n) is 2.67. The van der Waals surface area contributed by atoms with Crippen LogP contribution >= 0.6 is 38.5 Å². The van der Waals surface area contributed by atoms with Gasteiger partial charge < -0.3 is 10.1 Å². The van der Waals surface area contributed by atoms with E-state index in [0.717, 1.165) is 9.86 Å². The third-order valence-electron chi connectivity index (χ3n) is 1.77. The lowest BCUT2D eigenvalue weighted by molar-refractivity contribution is 0.0690. The first-order valence-electron chi connectivity index (χ1n) is 3.65. The van der Waals surface area contributed by atoms with E-state index in [0.29, 0.717) is 9.22 Å². The SMILES string of the molecule is O=C(O)c1[nH]c2ncc(Br)cc2c1I. The predicted octanol–water partition coefficient (Wildman–Crippen LogP) is 2.63. The Kier molecular flexibility index (Phi) is 2.48. The molecule has 0 aliphatic rings. The molecule has 0 spiro atoms. The average molecular weight is 367 g/mol. The Morgan fingerprint density at radius 1 is 1.64 bits per heavy atom. The number of fused-ring (bicyclic) bond motifs is 1. The van der Waals surface area contributed by atoms with Crippen LogP contribution in [0.25, 0.3) is 11.0 Å². The molecular weight excluding hydrogens is 363 g/mol. The highest BCUT2D eigenvalue weighted by molar-refractivity contribution is 14.1. The number of pyridine rings is 1. The number of aromatic carboxylic acids is 1. The topological polar surface area (TPSA) is 66.0 Å². The molecular formula is C8H4BrIN2O2. The summed E-state index contributed by atoms with van der Waals surface area (Å²) in [4.78, 5) is 17.6. The molecule has 0 unspecified atom stereocenters. The smallest absolute Gasteiger partial charge is 0.353 e. The maximum absolute atomic E-state index is 10.8. The Morgan fingerprint density at radius 3 is 3.00 bits per heavy atom. The van der Waals surface area contributed by atoms with Gasteiger partial charge in [0.05, 0.1) is 3.57 Å². The molecule has 0 aliphatic carbocycles. The van der Waals surface area contributed by atoms with Gasteiger partial charge in [-0.3, -0.25) is 0 Å². The highest BCUT2D eigenvalue weighted by Crippen LogP contribution is 2.25. The van der Waals surface area contributed by atoms with Crippen LogP contribution in [0.3, 0.4) is 0 Å². The number of aromatic amines is 1. The van der Waals surface area contributed by atoms with Crippen LogP contribution in [0, 0.1) is 3.57 Å². The number of H-pyrrole nitrogens is 1. The maximum atomic E-state index is 10.8. The Labute approximate surface area is 101 Å². The normalized spacial score (nSPS) is 10.7. The van der Waals surface area contributed by atoms with Crippen molar-refractivity contribution >= 4 is 55.5 Å². The summed E-state index contributed by atoms with van der Waals surface area (Å²) in [5, 5.41) is 9.68. The van der Waals surface area contributed by atoms with Crippen molar-refractivity contribution in [2.45, 2.75) is 0 Å². The van der Waals surface area contributed by atoms with Crippen LogP contribution in [0.2, 0.25) is 0 Å². The van der Waals surface area contributed by atoms with Crippen LogP contribution in [-0.4, -0.2) is 21.0 Å². The summed E-state index contributed by atoms with van der Waals surface area (Å²) in [6, 6.07) is 1.84. The van der Waals surface area contributed by atoms with E-state index < -0.39 is 5.97 Å². The van der Waals surface area contributed by atoms with Gasteiger partial charge in [0.1, 0.15) is 11.3 Å². The van der Waals surface area contributed by atoms with Gasteiger partial charge in [-0.05, 0) is 44.6 Å². The highest BCUT2D eigenvalue weighted by Gasteiger charge is 2.15. The predicted molar refractivity (Wildman–Crippen MR) is 63.5 cm³/mol. The summed E-state index contributed by atoms with van der Waals surface area (Å²) in [5.74, 6) is -0.969. The number of rotatable bonds is 1. The number of carboxylic acids is 1. The van der Waals surface area contributed by atoms with Gasteiger partial charge in [-0.1, -0.05) is 0 Å². The van der Waals surface area contributed by atoms with Crippen LogP contribution in [0.5, 0.6) is 0 Å². The van der Waals surface area contributed by atoms with Crippen LogP contribution < -0.4 is 0 Å². The van der Waals surface area contributed by atoms with Crippen LogP contribution in [-0.2, 0) is 0 Å². The van der Waals surface area contributed by atoms with Gasteiger partial charge in [-0.25, -0.2) is 9.78 Å². The number of nitrogens with one attached hydrogen (secondary N) is 1.